The molecule has 42 heteroatoms. The molecule has 1 saturated heterocycles. The van der Waals surface area contributed by atoms with Crippen molar-refractivity contribution in [3.8, 4) is 0 Å². The van der Waals surface area contributed by atoms with E-state index in [9.17, 15) is 153 Å². The summed E-state index contributed by atoms with van der Waals surface area (Å²) in [4.78, 5) is 2.45. The van der Waals surface area contributed by atoms with Crippen LogP contribution in [0.25, 0.3) is 10.4 Å². The second-order valence-electron chi connectivity index (χ2n) is 19.5. The van der Waals surface area contributed by atoms with Crippen LogP contribution in [0.5, 0.6) is 0 Å². The maximum absolute atomic E-state index is 11.1. The number of azide groups is 1. The molecule has 3 rings (SSSR count). The van der Waals surface area contributed by atoms with Gasteiger partial charge in [-0.1, -0.05) is 5.11 Å². The van der Waals surface area contributed by atoms with E-state index >= 15 is 0 Å². The number of hydrogen-bond acceptors (Lipinski definition) is 40. The van der Waals surface area contributed by atoms with Gasteiger partial charge in [0, 0.05) is 76.8 Å². The summed E-state index contributed by atoms with van der Waals surface area (Å²) in [7, 11) is 0. The average Bonchev–Trinajstić information content (AvgIpc) is 1.07. The topological polar surface area (TPSA) is 739 Å². The molecule has 2 bridgehead atoms. The van der Waals surface area contributed by atoms with Gasteiger partial charge in [0.05, 0.1) is 18.8 Å². The number of nitrogens with zero attached hydrogens (tertiary/aromatic N) is 3. The summed E-state index contributed by atoms with van der Waals surface area (Å²) in [5.74, 6) is -16.2. The molecule has 0 amide bonds. The van der Waals surface area contributed by atoms with Crippen molar-refractivity contribution in [2.75, 3.05) is 52.8 Å². The van der Waals surface area contributed by atoms with Crippen LogP contribution in [0.3, 0.4) is 0 Å². The lowest BCUT2D eigenvalue weighted by Gasteiger charge is -2.43. The summed E-state index contributed by atoms with van der Waals surface area (Å²) < 4.78 is 46.6. The van der Waals surface area contributed by atoms with E-state index in [0.717, 1.165) is 0 Å². The Labute approximate surface area is 507 Å². The molecule has 0 radical (unpaired) electrons. The van der Waals surface area contributed by atoms with Crippen molar-refractivity contribution in [1.82, 2.24) is 0 Å². The van der Waals surface area contributed by atoms with Crippen LogP contribution in [0.2, 0.25) is 0 Å². The van der Waals surface area contributed by atoms with Crippen molar-refractivity contribution >= 4 is 0 Å². The van der Waals surface area contributed by atoms with Crippen molar-refractivity contribution in [2.24, 2.45) is 5.11 Å². The standard InChI is InChI=1S/C48H83N3O39/c49-51-50-8-1-16-24(59)32(67)42(76)83-18(3-10-53)26(61)36(71)45(79)87-21(6-13-56)29(64)38(73)47(81)90-40-23(15-58)89-48(39(74)31(40)66)88-22(7-14-57)30(65)37(72)46(80)86-20(5-12-55)28(63)35(70)44(78)85-19(4-11-54)27(62)34(69)43(77)84-17(2-9-52)25(60)33(68)41(75)82-16/h16-23,26-27,31,34,36,39-48,52-81H,1-15H2/b32-24?,33-25+,35-28+,37-30-,38-29-. The van der Waals surface area contributed by atoms with Crippen LogP contribution in [0, 0.1) is 0 Å². The van der Waals surface area contributed by atoms with Crippen molar-refractivity contribution in [2.45, 2.75) is 187 Å². The number of fused-ring (bicyclic) bond motifs is 32. The molecule has 3 heterocycles. The molecule has 524 valence electrons. The van der Waals surface area contributed by atoms with Crippen molar-refractivity contribution < 1.29 is 196 Å². The van der Waals surface area contributed by atoms with E-state index < -0.39 is 297 Å². The van der Waals surface area contributed by atoms with Gasteiger partial charge in [-0.05, 0) is 24.8 Å². The summed E-state index contributed by atoms with van der Waals surface area (Å²) in [5, 5.41) is 323. The highest BCUT2D eigenvalue weighted by Gasteiger charge is 2.49. The maximum Gasteiger partial charge on any atom is 0.218 e. The summed E-state index contributed by atoms with van der Waals surface area (Å²) in [6.07, 6.45) is -63.2. The zero-order chi connectivity index (χ0) is 68.4. The Morgan fingerprint density at radius 1 is 0.300 bits per heavy atom. The van der Waals surface area contributed by atoms with Crippen LogP contribution in [0.1, 0.15) is 44.9 Å². The van der Waals surface area contributed by atoms with E-state index in [1.165, 1.54) is 0 Å². The van der Waals surface area contributed by atoms with Crippen LogP contribution in [0.4, 0.5) is 0 Å². The minimum absolute atomic E-state index is 0.715. The van der Waals surface area contributed by atoms with Crippen LogP contribution in [0.15, 0.2) is 62.7 Å². The zero-order valence-corrected chi connectivity index (χ0v) is 47.3. The third-order valence-corrected chi connectivity index (χ3v) is 13.2. The lowest BCUT2D eigenvalue weighted by atomic mass is 9.98. The first-order chi connectivity index (χ1) is 42.4. The molecule has 0 aromatic carbocycles. The number of ether oxygens (including phenoxy) is 9. The molecular formula is C48H83N3O39. The van der Waals surface area contributed by atoms with Gasteiger partial charge in [-0.2, -0.15) is 0 Å². The highest BCUT2D eigenvalue weighted by molar-refractivity contribution is 5.13. The van der Waals surface area contributed by atoms with Gasteiger partial charge < -0.3 is 196 Å². The van der Waals surface area contributed by atoms with E-state index in [-0.39, 0.29) is 0 Å². The van der Waals surface area contributed by atoms with Gasteiger partial charge in [-0.15, -0.1) is 0 Å². The van der Waals surface area contributed by atoms with E-state index in [4.69, 9.17) is 48.2 Å². The Morgan fingerprint density at radius 2 is 0.600 bits per heavy atom. The summed E-state index contributed by atoms with van der Waals surface area (Å²) in [5.41, 5.74) is 8.84. The van der Waals surface area contributed by atoms with Gasteiger partial charge in [-0.25, -0.2) is 0 Å². The van der Waals surface area contributed by atoms with Crippen molar-refractivity contribution in [1.29, 1.82) is 0 Å². The van der Waals surface area contributed by atoms with E-state index in [1.807, 2.05) is 0 Å². The SMILES string of the molecule is [N-]=[N+]=NCCC1OC(O)/C(O)=C(\O)C(CCO)OC(O)C(O)C(O)C(CCO)OC(O)/C(O)=C(\O)C(CCO)OC(O)/C(O)=C(/O)C(CCO)OC2OC(CO)C(OC(O)/C(O)=C(/O)C(CCO)OC(O)C(O)C(O)C(CCO)OC(O)C(O)=C1O)C(O)C2O. The van der Waals surface area contributed by atoms with E-state index in [0.29, 0.717) is 0 Å². The Bertz CT molecular complexity index is 2330. The van der Waals surface area contributed by atoms with Gasteiger partial charge >= 0.3 is 0 Å². The Morgan fingerprint density at radius 3 is 0.922 bits per heavy atom. The quantitative estimate of drug-likeness (QED) is 0.0388. The van der Waals surface area contributed by atoms with Gasteiger partial charge in [-0.3, -0.25) is 0 Å². The van der Waals surface area contributed by atoms with Crippen LogP contribution in [-0.2, 0) is 42.6 Å². The molecular weight excluding hydrogens is 1240 g/mol. The van der Waals surface area contributed by atoms with Gasteiger partial charge in [0.15, 0.2) is 76.5 Å². The molecule has 3 aliphatic heterocycles. The first-order valence-electron chi connectivity index (χ1n) is 27.0. The lowest BCUT2D eigenvalue weighted by Crippen LogP contribution is -2.61. The monoisotopic (exact) mass is 1330 g/mol. The molecule has 0 saturated carbocycles. The smallest absolute Gasteiger partial charge is 0.218 e. The third kappa shape index (κ3) is 22.9. The van der Waals surface area contributed by atoms with Gasteiger partial charge in [0.1, 0.15) is 79.4 Å². The minimum Gasteiger partial charge on any atom is -0.506 e. The number of aliphatic hydroxyl groups excluding tert-OH is 30. The molecule has 90 heavy (non-hydrogen) atoms. The number of rotatable bonds is 16. The second-order valence-corrected chi connectivity index (χ2v) is 19.5. The lowest BCUT2D eigenvalue weighted by molar-refractivity contribution is -0.329. The fraction of sp³-hybridized carbons (Fsp3) is 0.792. The second kappa shape index (κ2) is 40.1. The number of hydrogen-bond donors (Lipinski definition) is 30. The Balaban J connectivity index is 2.87. The molecule has 1 fully saturated rings. The summed E-state index contributed by atoms with van der Waals surface area (Å²) in [6.45, 7) is -7.96. The summed E-state index contributed by atoms with van der Waals surface area (Å²) in [6, 6.07) is 0. The molecule has 0 aliphatic carbocycles. The Hall–Kier alpha value is -5.15. The van der Waals surface area contributed by atoms with Crippen molar-refractivity contribution in [3.63, 3.8) is 0 Å². The molecule has 0 aromatic rings. The first-order valence-corrected chi connectivity index (χ1v) is 27.0. The Kier molecular flexibility index (Phi) is 36.0. The average molecular weight is 1330 g/mol. The van der Waals surface area contributed by atoms with Crippen LogP contribution >= 0.6 is 0 Å². The van der Waals surface area contributed by atoms with Crippen LogP contribution < -0.4 is 0 Å². The first kappa shape index (κ1) is 80.9. The van der Waals surface area contributed by atoms with Gasteiger partial charge in [0.25, 0.3) is 0 Å². The zero-order valence-electron chi connectivity index (χ0n) is 47.3. The highest BCUT2D eigenvalue weighted by atomic mass is 16.7. The third-order valence-electron chi connectivity index (χ3n) is 13.2. The maximum atomic E-state index is 11.1. The van der Waals surface area contributed by atoms with E-state index in [1.54, 1.807) is 0 Å². The molecule has 42 nitrogen and oxygen atoms in total. The molecule has 0 aromatic heterocycles. The molecule has 3 aliphatic rings. The van der Waals surface area contributed by atoms with Gasteiger partial charge in [0.2, 0.25) is 31.5 Å². The molecule has 0 spiro atoms. The molecule has 30 N–H and O–H groups in total. The highest BCUT2D eigenvalue weighted by Crippen LogP contribution is 2.32. The van der Waals surface area contributed by atoms with Crippen LogP contribution in [-0.4, -0.2) is 348 Å². The molecule has 23 atom stereocenters. The predicted molar refractivity (Wildman–Crippen MR) is 283 cm³/mol. The normalized spacial score (nSPS) is 40.2. The minimum atomic E-state index is -2.92. The largest absolute Gasteiger partial charge is 0.506 e. The van der Waals surface area contributed by atoms with E-state index in [2.05, 4.69) is 10.0 Å². The summed E-state index contributed by atoms with van der Waals surface area (Å²) >= 11 is 0. The fourth-order valence-electron chi connectivity index (χ4n) is 8.27. The fourth-order valence-corrected chi connectivity index (χ4v) is 8.27. The number of aliphatic hydroxyl groups is 30. The molecule has 23 unspecified atom stereocenters. The predicted octanol–water partition coefficient (Wildman–Crippen LogP) is -8.17. The van der Waals surface area contributed by atoms with Crippen molar-refractivity contribution in [3.05, 3.63) is 68.0 Å².